The average Bonchev–Trinajstić information content (AvgIpc) is 2.75. The standard InChI is InChI=1S/C12H17BrN2OS/c1-15(7-9-6-11(13)17-8-9)12(16)10-4-2-3-5-14-10/h6,8,10,14H,2-5,7H2,1H3. The molecule has 0 aliphatic carbocycles. The molecule has 1 aromatic rings. The SMILES string of the molecule is CN(Cc1csc(Br)c1)C(=O)C1CCCCN1. The lowest BCUT2D eigenvalue weighted by Gasteiger charge is -2.27. The summed E-state index contributed by atoms with van der Waals surface area (Å²) in [6.45, 7) is 1.66. The number of rotatable bonds is 3. The second-order valence-corrected chi connectivity index (χ2v) is 6.75. The molecule has 1 aliphatic rings. The number of amides is 1. The van der Waals surface area contributed by atoms with Crippen molar-refractivity contribution in [1.29, 1.82) is 0 Å². The number of piperidine rings is 1. The van der Waals surface area contributed by atoms with Crippen LogP contribution in [-0.4, -0.2) is 30.4 Å². The van der Waals surface area contributed by atoms with Crippen LogP contribution in [0.5, 0.6) is 0 Å². The highest BCUT2D eigenvalue weighted by Gasteiger charge is 2.23. The molecule has 1 fully saturated rings. The summed E-state index contributed by atoms with van der Waals surface area (Å²) >= 11 is 5.10. The largest absolute Gasteiger partial charge is 0.340 e. The Morgan fingerprint density at radius 1 is 1.65 bits per heavy atom. The van der Waals surface area contributed by atoms with E-state index in [1.807, 2.05) is 11.9 Å². The summed E-state index contributed by atoms with van der Waals surface area (Å²) in [5, 5.41) is 5.38. The molecule has 0 radical (unpaired) electrons. The van der Waals surface area contributed by atoms with Crippen LogP contribution >= 0.6 is 27.3 Å². The molecule has 1 unspecified atom stereocenters. The fourth-order valence-electron chi connectivity index (χ4n) is 2.11. The molecule has 17 heavy (non-hydrogen) atoms. The Balaban J connectivity index is 1.90. The van der Waals surface area contributed by atoms with Crippen LogP contribution in [0.1, 0.15) is 24.8 Å². The van der Waals surface area contributed by atoms with Crippen molar-refractivity contribution in [3.8, 4) is 0 Å². The van der Waals surface area contributed by atoms with Gasteiger partial charge in [-0.05, 0) is 52.3 Å². The van der Waals surface area contributed by atoms with Crippen molar-refractivity contribution in [2.24, 2.45) is 0 Å². The number of thiophene rings is 1. The van der Waals surface area contributed by atoms with Gasteiger partial charge in [-0.25, -0.2) is 0 Å². The van der Waals surface area contributed by atoms with Crippen molar-refractivity contribution in [2.75, 3.05) is 13.6 Å². The van der Waals surface area contributed by atoms with Crippen LogP contribution in [0.2, 0.25) is 0 Å². The average molecular weight is 317 g/mol. The lowest BCUT2D eigenvalue weighted by molar-refractivity contribution is -0.133. The number of likely N-dealkylation sites (N-methyl/N-ethyl adjacent to an activating group) is 1. The van der Waals surface area contributed by atoms with Gasteiger partial charge >= 0.3 is 0 Å². The summed E-state index contributed by atoms with van der Waals surface area (Å²) in [6, 6.07) is 2.10. The van der Waals surface area contributed by atoms with Crippen LogP contribution in [0.15, 0.2) is 15.2 Å². The summed E-state index contributed by atoms with van der Waals surface area (Å²) in [7, 11) is 1.88. The lowest BCUT2D eigenvalue weighted by Crippen LogP contribution is -2.46. The molecule has 0 aromatic carbocycles. The molecule has 0 saturated carbocycles. The Bertz CT molecular complexity index is 388. The van der Waals surface area contributed by atoms with Crippen molar-refractivity contribution in [3.05, 3.63) is 20.8 Å². The molecule has 94 valence electrons. The van der Waals surface area contributed by atoms with Crippen molar-refractivity contribution in [1.82, 2.24) is 10.2 Å². The topological polar surface area (TPSA) is 32.3 Å². The molecule has 1 saturated heterocycles. The zero-order chi connectivity index (χ0) is 12.3. The first kappa shape index (κ1) is 13.1. The van der Waals surface area contributed by atoms with E-state index >= 15 is 0 Å². The third-order valence-corrected chi connectivity index (χ3v) is 4.58. The maximum atomic E-state index is 12.2. The van der Waals surface area contributed by atoms with Gasteiger partial charge in [0, 0.05) is 13.6 Å². The van der Waals surface area contributed by atoms with E-state index in [0.29, 0.717) is 6.54 Å². The molecule has 1 aliphatic heterocycles. The van der Waals surface area contributed by atoms with Crippen molar-refractivity contribution in [2.45, 2.75) is 31.8 Å². The molecule has 0 spiro atoms. The van der Waals surface area contributed by atoms with Crippen LogP contribution in [0, 0.1) is 0 Å². The van der Waals surface area contributed by atoms with Crippen molar-refractivity contribution >= 4 is 33.2 Å². The van der Waals surface area contributed by atoms with Crippen LogP contribution in [-0.2, 0) is 11.3 Å². The minimum Gasteiger partial charge on any atom is -0.340 e. The van der Waals surface area contributed by atoms with E-state index < -0.39 is 0 Å². The third kappa shape index (κ3) is 3.53. The monoisotopic (exact) mass is 316 g/mol. The number of hydrogen-bond acceptors (Lipinski definition) is 3. The second kappa shape index (κ2) is 5.98. The van der Waals surface area contributed by atoms with Gasteiger partial charge < -0.3 is 10.2 Å². The zero-order valence-electron chi connectivity index (χ0n) is 9.91. The van der Waals surface area contributed by atoms with Crippen LogP contribution < -0.4 is 5.32 Å². The van der Waals surface area contributed by atoms with E-state index in [1.165, 1.54) is 12.0 Å². The summed E-state index contributed by atoms with van der Waals surface area (Å²) in [6.07, 6.45) is 3.31. The van der Waals surface area contributed by atoms with Gasteiger partial charge in [-0.15, -0.1) is 11.3 Å². The zero-order valence-corrected chi connectivity index (χ0v) is 12.3. The van der Waals surface area contributed by atoms with Crippen molar-refractivity contribution in [3.63, 3.8) is 0 Å². The van der Waals surface area contributed by atoms with Gasteiger partial charge in [0.05, 0.1) is 9.83 Å². The van der Waals surface area contributed by atoms with Gasteiger partial charge in [0.1, 0.15) is 0 Å². The summed E-state index contributed by atoms with van der Waals surface area (Å²) in [5.74, 6) is 0.215. The molecule has 0 bridgehead atoms. The highest BCUT2D eigenvalue weighted by Crippen LogP contribution is 2.22. The predicted octanol–water partition coefficient (Wildman–Crippen LogP) is 2.61. The van der Waals surface area contributed by atoms with Gasteiger partial charge in [-0.2, -0.15) is 0 Å². The molecule has 3 nitrogen and oxygen atoms in total. The van der Waals surface area contributed by atoms with Crippen molar-refractivity contribution < 1.29 is 4.79 Å². The molecule has 2 rings (SSSR count). The fourth-order valence-corrected chi connectivity index (χ4v) is 3.31. The first-order valence-electron chi connectivity index (χ1n) is 5.88. The number of nitrogens with zero attached hydrogens (tertiary/aromatic N) is 1. The number of nitrogens with one attached hydrogen (secondary N) is 1. The first-order chi connectivity index (χ1) is 8.16. The van der Waals surface area contributed by atoms with Crippen LogP contribution in [0.25, 0.3) is 0 Å². The maximum Gasteiger partial charge on any atom is 0.239 e. The Labute approximate surface area is 114 Å². The maximum absolute atomic E-state index is 12.2. The van der Waals surface area contributed by atoms with Gasteiger partial charge in [0.15, 0.2) is 0 Å². The first-order valence-corrected chi connectivity index (χ1v) is 7.55. The molecule has 2 heterocycles. The normalized spacial score (nSPS) is 20.2. The summed E-state index contributed by atoms with van der Waals surface area (Å²) in [4.78, 5) is 14.0. The van der Waals surface area contributed by atoms with Gasteiger partial charge in [-0.1, -0.05) is 6.42 Å². The minimum atomic E-state index is 0.0239. The van der Waals surface area contributed by atoms with E-state index in [0.717, 1.165) is 23.2 Å². The highest BCUT2D eigenvalue weighted by molar-refractivity contribution is 9.11. The summed E-state index contributed by atoms with van der Waals surface area (Å²) in [5.41, 5.74) is 1.19. The van der Waals surface area contributed by atoms with E-state index in [1.54, 1.807) is 11.3 Å². The molecule has 1 amide bonds. The van der Waals surface area contributed by atoms with E-state index in [2.05, 4.69) is 32.7 Å². The number of halogens is 1. The molecular weight excluding hydrogens is 300 g/mol. The smallest absolute Gasteiger partial charge is 0.239 e. The minimum absolute atomic E-state index is 0.0239. The number of carbonyl (C=O) groups excluding carboxylic acids is 1. The molecular formula is C12H17BrN2OS. The molecule has 1 atom stereocenters. The second-order valence-electron chi connectivity index (χ2n) is 4.46. The third-order valence-electron chi connectivity index (χ3n) is 3.03. The Morgan fingerprint density at radius 2 is 2.47 bits per heavy atom. The summed E-state index contributed by atoms with van der Waals surface area (Å²) < 4.78 is 1.11. The van der Waals surface area contributed by atoms with E-state index in [4.69, 9.17) is 0 Å². The number of carbonyl (C=O) groups is 1. The van der Waals surface area contributed by atoms with E-state index in [9.17, 15) is 4.79 Å². The van der Waals surface area contributed by atoms with Crippen LogP contribution in [0.4, 0.5) is 0 Å². The lowest BCUT2D eigenvalue weighted by atomic mass is 10.0. The predicted molar refractivity (Wildman–Crippen MR) is 74.1 cm³/mol. The number of hydrogen-bond donors (Lipinski definition) is 1. The van der Waals surface area contributed by atoms with Gasteiger partial charge in [0.25, 0.3) is 0 Å². The van der Waals surface area contributed by atoms with Gasteiger partial charge in [-0.3, -0.25) is 4.79 Å². The Morgan fingerprint density at radius 3 is 3.06 bits per heavy atom. The highest BCUT2D eigenvalue weighted by atomic mass is 79.9. The van der Waals surface area contributed by atoms with Gasteiger partial charge in [0.2, 0.25) is 5.91 Å². The quantitative estimate of drug-likeness (QED) is 0.929. The Hall–Kier alpha value is -0.390. The fraction of sp³-hybridized carbons (Fsp3) is 0.583. The molecule has 5 heteroatoms. The van der Waals surface area contributed by atoms with E-state index in [-0.39, 0.29) is 11.9 Å². The van der Waals surface area contributed by atoms with Crippen LogP contribution in [0.3, 0.4) is 0 Å². The molecule has 1 aromatic heterocycles. The molecule has 1 N–H and O–H groups in total. The Kier molecular flexibility index (Phi) is 4.59.